The van der Waals surface area contributed by atoms with Gasteiger partial charge in [-0.1, -0.05) is 66.8 Å². The quantitative estimate of drug-likeness (QED) is 0.687. The Kier molecular flexibility index (Phi) is 2.52. The van der Waals surface area contributed by atoms with Crippen LogP contribution in [0.1, 0.15) is 22.3 Å². The monoisotopic (exact) mass is 262 g/mol. The van der Waals surface area contributed by atoms with E-state index in [2.05, 4.69) is 72.9 Å². The number of fused-ring (bicyclic) bond motifs is 1. The van der Waals surface area contributed by atoms with Crippen LogP contribution in [0.3, 0.4) is 0 Å². The number of hydrogen-bond donors (Lipinski definition) is 0. The Balaban J connectivity index is 1.98. The van der Waals surface area contributed by atoms with Gasteiger partial charge in [-0.2, -0.15) is 0 Å². The number of allylic oxidation sites excluding steroid dienone is 8. The second-order valence-corrected chi connectivity index (χ2v) is 6.05. The summed E-state index contributed by atoms with van der Waals surface area (Å²) in [6.45, 7) is 0. The van der Waals surface area contributed by atoms with Gasteiger partial charge < -0.3 is 0 Å². The number of hydrogen-bond acceptors (Lipinski definition) is 1. The fourth-order valence-corrected chi connectivity index (χ4v) is 4.23. The maximum atomic E-state index is 2.29. The maximum Gasteiger partial charge on any atom is 0.0349 e. The Morgan fingerprint density at radius 1 is 0.737 bits per heavy atom. The molecular weight excluding hydrogens is 248 g/mol. The number of rotatable bonds is 2. The van der Waals surface area contributed by atoms with Crippen LogP contribution in [0.5, 0.6) is 0 Å². The van der Waals surface area contributed by atoms with Crippen molar-refractivity contribution in [2.45, 2.75) is 11.8 Å². The standard InChI is InChI=1S/C18H14S/c1-2-8-13(7-1)17-15-11-5-6-12-16(15)19-18(17)14-9-3-4-10-14/h1-14H. The summed E-state index contributed by atoms with van der Waals surface area (Å²) in [6.07, 6.45) is 17.8. The zero-order chi connectivity index (χ0) is 12.7. The van der Waals surface area contributed by atoms with Crippen LogP contribution < -0.4 is 0 Å². The van der Waals surface area contributed by atoms with Gasteiger partial charge in [0.2, 0.25) is 0 Å². The van der Waals surface area contributed by atoms with E-state index in [-0.39, 0.29) is 0 Å². The average Bonchev–Trinajstić information content (AvgIpc) is 3.17. The van der Waals surface area contributed by atoms with Crippen molar-refractivity contribution in [1.82, 2.24) is 0 Å². The second-order valence-electron chi connectivity index (χ2n) is 4.97. The van der Waals surface area contributed by atoms with Gasteiger partial charge in [-0.15, -0.1) is 11.3 Å². The predicted octanol–water partition coefficient (Wildman–Crippen LogP) is 5.32. The van der Waals surface area contributed by atoms with E-state index in [0.717, 1.165) is 0 Å². The van der Waals surface area contributed by atoms with Crippen LogP contribution in [-0.2, 0) is 0 Å². The van der Waals surface area contributed by atoms with E-state index < -0.39 is 0 Å². The summed E-state index contributed by atoms with van der Waals surface area (Å²) in [5.41, 5.74) is 1.49. The van der Waals surface area contributed by atoms with Crippen molar-refractivity contribution in [1.29, 1.82) is 0 Å². The minimum atomic E-state index is 0.438. The van der Waals surface area contributed by atoms with Crippen molar-refractivity contribution in [3.63, 3.8) is 0 Å². The molecule has 0 N–H and O–H groups in total. The van der Waals surface area contributed by atoms with Crippen molar-refractivity contribution >= 4 is 21.4 Å². The third kappa shape index (κ3) is 1.73. The predicted molar refractivity (Wildman–Crippen MR) is 83.9 cm³/mol. The highest BCUT2D eigenvalue weighted by Gasteiger charge is 2.22. The Hall–Kier alpha value is -1.86. The van der Waals surface area contributed by atoms with Gasteiger partial charge in [-0.25, -0.2) is 0 Å². The first kappa shape index (κ1) is 11.0. The van der Waals surface area contributed by atoms with Crippen LogP contribution >= 0.6 is 11.3 Å². The van der Waals surface area contributed by atoms with E-state index in [1.54, 1.807) is 0 Å². The molecule has 0 spiro atoms. The molecule has 92 valence electrons. The van der Waals surface area contributed by atoms with Gasteiger partial charge in [0, 0.05) is 21.4 Å². The molecule has 1 aromatic heterocycles. The van der Waals surface area contributed by atoms with Crippen molar-refractivity contribution in [3.05, 3.63) is 83.3 Å². The van der Waals surface area contributed by atoms with Gasteiger partial charge in [0.1, 0.15) is 0 Å². The van der Waals surface area contributed by atoms with Crippen molar-refractivity contribution in [3.8, 4) is 0 Å². The molecular formula is C18H14S. The van der Waals surface area contributed by atoms with Gasteiger partial charge in [0.15, 0.2) is 0 Å². The second kappa shape index (κ2) is 4.36. The first-order chi connectivity index (χ1) is 9.43. The van der Waals surface area contributed by atoms with Crippen molar-refractivity contribution in [2.75, 3.05) is 0 Å². The van der Waals surface area contributed by atoms with Crippen LogP contribution in [0.25, 0.3) is 10.1 Å². The Labute approximate surface area is 117 Å². The lowest BCUT2D eigenvalue weighted by molar-refractivity contribution is 1.04. The summed E-state index contributed by atoms with van der Waals surface area (Å²) in [6, 6.07) is 8.77. The first-order valence-corrected chi connectivity index (χ1v) is 7.46. The van der Waals surface area contributed by atoms with Gasteiger partial charge in [0.05, 0.1) is 0 Å². The Morgan fingerprint density at radius 3 is 2.11 bits per heavy atom. The van der Waals surface area contributed by atoms with Gasteiger partial charge in [-0.05, 0) is 17.0 Å². The average molecular weight is 262 g/mol. The lowest BCUT2D eigenvalue weighted by atomic mass is 9.93. The molecule has 1 aromatic carbocycles. The molecule has 0 nitrogen and oxygen atoms in total. The molecule has 0 fully saturated rings. The fraction of sp³-hybridized carbons (Fsp3) is 0.111. The summed E-state index contributed by atoms with van der Waals surface area (Å²) < 4.78 is 1.40. The lowest BCUT2D eigenvalue weighted by Gasteiger charge is -2.11. The zero-order valence-corrected chi connectivity index (χ0v) is 11.3. The van der Waals surface area contributed by atoms with E-state index in [1.165, 1.54) is 20.5 Å². The van der Waals surface area contributed by atoms with E-state index in [1.807, 2.05) is 11.3 Å². The molecule has 19 heavy (non-hydrogen) atoms. The normalized spacial score (nSPS) is 18.3. The van der Waals surface area contributed by atoms with Crippen LogP contribution in [0.4, 0.5) is 0 Å². The third-order valence-electron chi connectivity index (χ3n) is 3.79. The summed E-state index contributed by atoms with van der Waals surface area (Å²) in [5, 5.41) is 1.41. The summed E-state index contributed by atoms with van der Waals surface area (Å²) in [4.78, 5) is 1.49. The van der Waals surface area contributed by atoms with Crippen molar-refractivity contribution in [2.24, 2.45) is 0 Å². The van der Waals surface area contributed by atoms with Crippen LogP contribution in [0.2, 0.25) is 0 Å². The van der Waals surface area contributed by atoms with E-state index in [4.69, 9.17) is 0 Å². The smallest absolute Gasteiger partial charge is 0.0349 e. The molecule has 0 amide bonds. The topological polar surface area (TPSA) is 0 Å². The molecule has 0 bridgehead atoms. The van der Waals surface area contributed by atoms with E-state index >= 15 is 0 Å². The van der Waals surface area contributed by atoms with Gasteiger partial charge in [-0.3, -0.25) is 0 Å². The van der Waals surface area contributed by atoms with Gasteiger partial charge in [0.25, 0.3) is 0 Å². The molecule has 0 atom stereocenters. The highest BCUT2D eigenvalue weighted by atomic mass is 32.1. The largest absolute Gasteiger partial charge is 0.139 e. The summed E-state index contributed by atoms with van der Waals surface area (Å²) >= 11 is 1.94. The molecule has 0 saturated heterocycles. The highest BCUT2D eigenvalue weighted by Crippen LogP contribution is 2.43. The third-order valence-corrected chi connectivity index (χ3v) is 5.08. The molecule has 0 saturated carbocycles. The number of benzene rings is 1. The minimum absolute atomic E-state index is 0.438. The summed E-state index contributed by atoms with van der Waals surface area (Å²) in [7, 11) is 0. The number of thiophene rings is 1. The molecule has 0 aliphatic heterocycles. The van der Waals surface area contributed by atoms with Crippen LogP contribution in [0, 0.1) is 0 Å². The first-order valence-electron chi connectivity index (χ1n) is 6.65. The van der Waals surface area contributed by atoms with Crippen molar-refractivity contribution < 1.29 is 0 Å². The van der Waals surface area contributed by atoms with Crippen LogP contribution in [0.15, 0.2) is 72.9 Å². The highest BCUT2D eigenvalue weighted by molar-refractivity contribution is 7.19. The molecule has 2 aliphatic carbocycles. The minimum Gasteiger partial charge on any atom is -0.139 e. The zero-order valence-electron chi connectivity index (χ0n) is 10.5. The maximum absolute atomic E-state index is 2.29. The Bertz CT molecular complexity index is 716. The van der Waals surface area contributed by atoms with E-state index in [9.17, 15) is 0 Å². The fourth-order valence-electron chi connectivity index (χ4n) is 2.91. The molecule has 0 radical (unpaired) electrons. The van der Waals surface area contributed by atoms with E-state index in [0.29, 0.717) is 11.8 Å². The SMILES string of the molecule is C1=CC(c2sc3ccccc3c2C2C=CC=C2)C=C1. The molecule has 4 rings (SSSR count). The Morgan fingerprint density at radius 2 is 1.37 bits per heavy atom. The van der Waals surface area contributed by atoms with Gasteiger partial charge >= 0.3 is 0 Å². The molecule has 1 heterocycles. The molecule has 1 heteroatoms. The molecule has 2 aromatic rings. The molecule has 2 aliphatic rings. The van der Waals surface area contributed by atoms with Crippen LogP contribution in [-0.4, -0.2) is 0 Å². The molecule has 0 unspecified atom stereocenters. The lowest BCUT2D eigenvalue weighted by Crippen LogP contribution is -1.95. The summed E-state index contributed by atoms with van der Waals surface area (Å²) in [5.74, 6) is 0.892.